The van der Waals surface area contributed by atoms with E-state index < -0.39 is 20.3 Å². The Kier molecular flexibility index (Phi) is 6.96. The fourth-order valence-electron chi connectivity index (χ4n) is 4.17. The number of benzene rings is 1. The summed E-state index contributed by atoms with van der Waals surface area (Å²) in [7, 11) is -2.56. The summed E-state index contributed by atoms with van der Waals surface area (Å²) in [5.41, 5.74) is 0.0154. The number of ether oxygens (including phenoxy) is 1. The van der Waals surface area contributed by atoms with Gasteiger partial charge in [0.15, 0.2) is 0 Å². The molecule has 31 heavy (non-hydrogen) atoms. The second kappa shape index (κ2) is 9.32. The normalized spacial score (nSPS) is 28.1. The first-order valence-electron chi connectivity index (χ1n) is 10.5. The van der Waals surface area contributed by atoms with Crippen molar-refractivity contribution in [1.82, 2.24) is 0 Å². The fraction of sp³-hybridized carbons (Fsp3) is 0.619. The van der Waals surface area contributed by atoms with Crippen molar-refractivity contribution in [3.8, 4) is 6.07 Å². The summed E-state index contributed by atoms with van der Waals surface area (Å²) in [5.74, 6) is 0.517. The van der Waals surface area contributed by atoms with Crippen LogP contribution in [0, 0.1) is 27.4 Å². The predicted molar refractivity (Wildman–Crippen MR) is 117 cm³/mol. The molecular formula is C21H28N4O5S. The van der Waals surface area contributed by atoms with Gasteiger partial charge in [0.2, 0.25) is 0 Å². The molecule has 0 radical (unpaired) electrons. The van der Waals surface area contributed by atoms with Crippen LogP contribution >= 0.6 is 0 Å². The lowest BCUT2D eigenvalue weighted by atomic mass is 9.85. The van der Waals surface area contributed by atoms with Crippen LogP contribution in [0.5, 0.6) is 0 Å². The quantitative estimate of drug-likeness (QED) is 0.537. The summed E-state index contributed by atoms with van der Waals surface area (Å²) < 4.78 is 23.1. The second-order valence-corrected chi connectivity index (χ2v) is 11.3. The highest BCUT2D eigenvalue weighted by Gasteiger charge is 2.42. The molecule has 1 aromatic carbocycles. The fourth-order valence-corrected chi connectivity index (χ4v) is 6.39. The highest BCUT2D eigenvalue weighted by Crippen LogP contribution is 2.38. The molecule has 0 aliphatic carbocycles. The highest BCUT2D eigenvalue weighted by atomic mass is 32.2. The lowest BCUT2D eigenvalue weighted by molar-refractivity contribution is -0.384. The minimum absolute atomic E-state index is 0.0472. The molecule has 10 heteroatoms. The molecule has 9 nitrogen and oxygen atoms in total. The van der Waals surface area contributed by atoms with E-state index in [4.69, 9.17) is 10.00 Å². The number of nitro benzene ring substituents is 1. The molecule has 2 aliphatic heterocycles. The molecule has 1 N–H and O–H groups in total. The molecule has 0 aromatic heterocycles. The number of nitrogens with one attached hydrogen (secondary N) is 1. The summed E-state index contributed by atoms with van der Waals surface area (Å²) in [6.45, 7) is 4.35. The molecule has 2 heterocycles. The molecule has 0 saturated carbocycles. The lowest BCUT2D eigenvalue weighted by Crippen LogP contribution is -2.49. The molecule has 3 rings (SSSR count). The van der Waals surface area contributed by atoms with Crippen LogP contribution in [0.25, 0.3) is 0 Å². The molecule has 0 bridgehead atoms. The third-order valence-corrected chi connectivity index (χ3v) is 8.00. The Morgan fingerprint density at radius 1 is 1.45 bits per heavy atom. The first kappa shape index (κ1) is 23.2. The average molecular weight is 449 g/mol. The summed E-state index contributed by atoms with van der Waals surface area (Å²) >= 11 is 0. The first-order chi connectivity index (χ1) is 14.6. The van der Waals surface area contributed by atoms with E-state index in [1.807, 2.05) is 19.9 Å². The van der Waals surface area contributed by atoms with Gasteiger partial charge in [0.25, 0.3) is 11.6 Å². The van der Waals surface area contributed by atoms with Gasteiger partial charge in [-0.25, -0.2) is 4.21 Å². The standard InChI is InChI=1S/C21H28N4O5S/c1-15(2)11-20(26)24-31(29)9-6-21(7-10-31)13-17(5-8-30-21)23-18-4-3-16(14-22)12-19(18)25(27)28/h3-4,12,15,17,23H,5-11,13H2,1-2H3. The molecule has 1 spiro atoms. The average Bonchev–Trinajstić information content (AvgIpc) is 2.70. The number of rotatable bonds is 5. The number of hydrogen-bond donors (Lipinski definition) is 1. The van der Waals surface area contributed by atoms with Crippen LogP contribution in [0.4, 0.5) is 11.4 Å². The minimum Gasteiger partial charge on any atom is -0.377 e. The van der Waals surface area contributed by atoms with E-state index in [0.717, 1.165) is 0 Å². The summed E-state index contributed by atoms with van der Waals surface area (Å²) in [6.07, 6.45) is 2.69. The zero-order valence-corrected chi connectivity index (χ0v) is 18.7. The van der Waals surface area contributed by atoms with Crippen molar-refractivity contribution in [3.05, 3.63) is 33.9 Å². The zero-order chi connectivity index (χ0) is 22.6. The Bertz CT molecular complexity index is 1010. The van der Waals surface area contributed by atoms with E-state index in [-0.39, 0.29) is 29.1 Å². The van der Waals surface area contributed by atoms with E-state index in [9.17, 15) is 19.1 Å². The molecule has 1 unspecified atom stereocenters. The van der Waals surface area contributed by atoms with Crippen LogP contribution in [-0.2, 0) is 19.3 Å². The maximum atomic E-state index is 13.0. The highest BCUT2D eigenvalue weighted by molar-refractivity contribution is 7.93. The zero-order valence-electron chi connectivity index (χ0n) is 17.8. The van der Waals surface area contributed by atoms with Crippen LogP contribution in [0.1, 0.15) is 51.5 Å². The molecule has 1 amide bonds. The van der Waals surface area contributed by atoms with Gasteiger partial charge < -0.3 is 10.1 Å². The number of carbonyl (C=O) groups excluding carboxylic acids is 1. The van der Waals surface area contributed by atoms with E-state index >= 15 is 0 Å². The molecular weight excluding hydrogens is 420 g/mol. The van der Waals surface area contributed by atoms with E-state index in [0.29, 0.717) is 55.9 Å². The molecule has 2 saturated heterocycles. The number of amides is 1. The molecule has 1 atom stereocenters. The number of nitro groups is 1. The summed E-state index contributed by atoms with van der Waals surface area (Å²) in [4.78, 5) is 22.9. The summed E-state index contributed by atoms with van der Waals surface area (Å²) in [6, 6.07) is 6.25. The Balaban J connectivity index is 1.69. The number of nitriles is 1. The maximum Gasteiger partial charge on any atom is 0.293 e. The van der Waals surface area contributed by atoms with Gasteiger partial charge in [0, 0.05) is 36.6 Å². The van der Waals surface area contributed by atoms with Crippen molar-refractivity contribution < 1.29 is 18.7 Å². The van der Waals surface area contributed by atoms with Crippen molar-refractivity contribution in [2.45, 2.75) is 57.6 Å². The van der Waals surface area contributed by atoms with Crippen LogP contribution in [0.2, 0.25) is 0 Å². The van der Waals surface area contributed by atoms with Gasteiger partial charge in [0.05, 0.1) is 31.9 Å². The van der Waals surface area contributed by atoms with Crippen molar-refractivity contribution >= 4 is 27.0 Å². The lowest BCUT2D eigenvalue weighted by Gasteiger charge is -2.44. The van der Waals surface area contributed by atoms with Crippen LogP contribution < -0.4 is 5.32 Å². The predicted octanol–water partition coefficient (Wildman–Crippen LogP) is 3.63. The van der Waals surface area contributed by atoms with Gasteiger partial charge in [-0.15, -0.1) is 0 Å². The van der Waals surface area contributed by atoms with E-state index in [1.165, 1.54) is 6.07 Å². The number of anilines is 1. The van der Waals surface area contributed by atoms with E-state index in [1.54, 1.807) is 12.1 Å². The minimum atomic E-state index is -2.56. The third kappa shape index (κ3) is 5.80. The Labute approximate surface area is 182 Å². The van der Waals surface area contributed by atoms with E-state index in [2.05, 4.69) is 9.68 Å². The largest absolute Gasteiger partial charge is 0.377 e. The Morgan fingerprint density at radius 3 is 2.77 bits per heavy atom. The van der Waals surface area contributed by atoms with Gasteiger partial charge >= 0.3 is 0 Å². The van der Waals surface area contributed by atoms with Crippen LogP contribution in [0.15, 0.2) is 22.6 Å². The van der Waals surface area contributed by atoms with Crippen molar-refractivity contribution in [3.63, 3.8) is 0 Å². The monoisotopic (exact) mass is 448 g/mol. The second-order valence-electron chi connectivity index (χ2n) is 8.73. The van der Waals surface area contributed by atoms with Gasteiger partial charge in [-0.05, 0) is 43.7 Å². The van der Waals surface area contributed by atoms with Crippen molar-refractivity contribution in [1.29, 1.82) is 5.26 Å². The Hall–Kier alpha value is -2.51. The topological polar surface area (TPSA) is 135 Å². The number of hydrogen-bond acceptors (Lipinski definition) is 7. The van der Waals surface area contributed by atoms with Crippen LogP contribution in [0.3, 0.4) is 0 Å². The molecule has 2 fully saturated rings. The molecule has 2 aliphatic rings. The third-order valence-electron chi connectivity index (χ3n) is 5.78. The maximum absolute atomic E-state index is 13.0. The SMILES string of the molecule is CC(C)CC(=O)N=S1(=O)CCC2(CC1)CC(Nc1ccc(C#N)cc1[N+](=O)[O-])CCO2. The van der Waals surface area contributed by atoms with Crippen LogP contribution in [-0.4, -0.2) is 44.8 Å². The van der Waals surface area contributed by atoms with Gasteiger partial charge in [-0.3, -0.25) is 14.9 Å². The van der Waals surface area contributed by atoms with Gasteiger partial charge in [0.1, 0.15) is 5.69 Å². The molecule has 168 valence electrons. The smallest absolute Gasteiger partial charge is 0.293 e. The van der Waals surface area contributed by atoms with Gasteiger partial charge in [-0.1, -0.05) is 13.8 Å². The number of carbonyl (C=O) groups is 1. The summed E-state index contributed by atoms with van der Waals surface area (Å²) in [5, 5.41) is 23.7. The van der Waals surface area contributed by atoms with Gasteiger partial charge in [-0.2, -0.15) is 9.62 Å². The first-order valence-corrected chi connectivity index (χ1v) is 12.3. The Morgan fingerprint density at radius 2 is 2.16 bits per heavy atom. The van der Waals surface area contributed by atoms with Crippen molar-refractivity contribution in [2.24, 2.45) is 10.3 Å². The molecule has 1 aromatic rings. The van der Waals surface area contributed by atoms with Crippen molar-refractivity contribution in [2.75, 3.05) is 23.4 Å². The number of nitrogens with zero attached hydrogens (tertiary/aromatic N) is 3.